The number of benzene rings is 3. The van der Waals surface area contributed by atoms with Gasteiger partial charge >= 0.3 is 5.97 Å². The molecule has 0 saturated carbocycles. The minimum absolute atomic E-state index is 0.120. The lowest BCUT2D eigenvalue weighted by molar-refractivity contribution is 0.0620. The summed E-state index contributed by atoms with van der Waals surface area (Å²) in [4.78, 5) is 34.8. The van der Waals surface area contributed by atoms with Gasteiger partial charge in [-0.25, -0.2) is 14.2 Å². The second-order valence-electron chi connectivity index (χ2n) is 9.89. The average molecular weight is 566 g/mol. The quantitative estimate of drug-likeness (QED) is 0.340. The number of imidazole rings is 1. The molecule has 1 aromatic heterocycles. The maximum absolute atomic E-state index is 14.6. The van der Waals surface area contributed by atoms with Crippen LogP contribution in [0.5, 0.6) is 0 Å². The molecular weight excluding hydrogens is 537 g/mol. The number of rotatable bonds is 7. The van der Waals surface area contributed by atoms with Gasteiger partial charge in [-0.1, -0.05) is 17.7 Å². The number of carboxylic acid groups (broad SMARTS) is 1. The first-order valence-corrected chi connectivity index (χ1v) is 13.2. The third-order valence-corrected chi connectivity index (χ3v) is 7.52. The van der Waals surface area contributed by atoms with Crippen molar-refractivity contribution in [2.45, 2.75) is 20.2 Å². The highest BCUT2D eigenvalue weighted by Gasteiger charge is 2.25. The largest absolute Gasteiger partial charge is 0.478 e. The molecule has 4 aromatic rings. The third-order valence-electron chi connectivity index (χ3n) is 7.22. The van der Waals surface area contributed by atoms with Gasteiger partial charge in [-0.2, -0.15) is 0 Å². The van der Waals surface area contributed by atoms with Crippen molar-refractivity contribution in [2.75, 3.05) is 38.1 Å². The predicted octanol–water partition coefficient (Wildman–Crippen LogP) is 4.51. The van der Waals surface area contributed by atoms with Gasteiger partial charge in [0.05, 0.1) is 33.9 Å². The lowest BCUT2D eigenvalue weighted by Gasteiger charge is -2.34. The molecule has 0 aliphatic carbocycles. The minimum atomic E-state index is -1.05. The third kappa shape index (κ3) is 5.51. The Morgan fingerprint density at radius 2 is 1.77 bits per heavy atom. The van der Waals surface area contributed by atoms with Crippen LogP contribution in [0, 0.1) is 12.7 Å². The molecule has 3 aromatic carbocycles. The Kier molecular flexibility index (Phi) is 7.75. The molecule has 5 rings (SSSR count). The zero-order valence-corrected chi connectivity index (χ0v) is 22.9. The number of aromatic carboxylic acids is 1. The number of aryl methyl sites for hydroxylation is 1. The highest BCUT2D eigenvalue weighted by molar-refractivity contribution is 6.33. The van der Waals surface area contributed by atoms with Gasteiger partial charge in [0.15, 0.2) is 0 Å². The van der Waals surface area contributed by atoms with E-state index >= 15 is 0 Å². The first kappa shape index (κ1) is 27.6. The number of carboxylic acids is 1. The van der Waals surface area contributed by atoms with E-state index in [4.69, 9.17) is 11.6 Å². The van der Waals surface area contributed by atoms with E-state index in [0.29, 0.717) is 66.0 Å². The highest BCUT2D eigenvalue weighted by Crippen LogP contribution is 2.32. The predicted molar refractivity (Wildman–Crippen MR) is 151 cm³/mol. The number of carbonyl (C=O) groups excluding carboxylic acids is 1. The lowest BCUT2D eigenvalue weighted by Crippen LogP contribution is -2.48. The second-order valence-corrected chi connectivity index (χ2v) is 10.3. The van der Waals surface area contributed by atoms with Crippen molar-refractivity contribution < 1.29 is 24.2 Å². The van der Waals surface area contributed by atoms with Gasteiger partial charge < -0.3 is 24.6 Å². The number of hydrogen-bond acceptors (Lipinski definition) is 6. The topological polar surface area (TPSA) is 102 Å². The standard InChI is InChI=1S/C29H29ClFN5O4/c1-18-3-6-25(23(30)11-18)33(2)22-13-20(12-21(31)15-22)28(38)35-9-7-34(8-10-35)16-27-32-24-5-4-19(29(39)40)14-26(24)36(27)17-37/h3-6,11-15,37H,7-10,16-17H2,1-2H3,(H,39,40). The number of aromatic nitrogens is 2. The van der Waals surface area contributed by atoms with E-state index < -0.39 is 11.8 Å². The molecule has 40 heavy (non-hydrogen) atoms. The molecule has 11 heteroatoms. The number of hydrogen-bond donors (Lipinski definition) is 2. The second kappa shape index (κ2) is 11.2. The summed E-state index contributed by atoms with van der Waals surface area (Å²) >= 11 is 6.41. The Morgan fingerprint density at radius 1 is 1.02 bits per heavy atom. The lowest BCUT2D eigenvalue weighted by atomic mass is 10.1. The minimum Gasteiger partial charge on any atom is -0.478 e. The molecule has 1 aliphatic heterocycles. The monoisotopic (exact) mass is 565 g/mol. The van der Waals surface area contributed by atoms with Crippen molar-refractivity contribution in [1.29, 1.82) is 0 Å². The van der Waals surface area contributed by atoms with Gasteiger partial charge in [0.2, 0.25) is 0 Å². The number of aliphatic hydroxyl groups excluding tert-OH is 1. The SMILES string of the molecule is Cc1ccc(N(C)c2cc(F)cc(C(=O)N3CCN(Cc4nc5ccc(C(=O)O)cc5n4CO)CC3)c2)c(Cl)c1. The van der Waals surface area contributed by atoms with E-state index in [1.165, 1.54) is 24.3 Å². The van der Waals surface area contributed by atoms with Crippen molar-refractivity contribution >= 4 is 45.9 Å². The summed E-state index contributed by atoms with van der Waals surface area (Å²) in [5.74, 6) is -1.21. The smallest absolute Gasteiger partial charge is 0.335 e. The summed E-state index contributed by atoms with van der Waals surface area (Å²) in [5.41, 5.74) is 3.76. The number of amides is 1. The normalized spacial score (nSPS) is 14.1. The van der Waals surface area contributed by atoms with E-state index in [9.17, 15) is 24.2 Å². The van der Waals surface area contributed by atoms with Crippen LogP contribution in [0.25, 0.3) is 11.0 Å². The van der Waals surface area contributed by atoms with E-state index in [1.54, 1.807) is 33.5 Å². The molecule has 2 N–H and O–H groups in total. The summed E-state index contributed by atoms with van der Waals surface area (Å²) in [6.45, 7) is 4.01. The van der Waals surface area contributed by atoms with Crippen LogP contribution in [0.15, 0.2) is 54.6 Å². The van der Waals surface area contributed by atoms with Gasteiger partial charge in [0.1, 0.15) is 18.4 Å². The maximum atomic E-state index is 14.6. The molecule has 1 aliphatic rings. The molecule has 208 valence electrons. The van der Waals surface area contributed by atoms with Crippen LogP contribution in [0.2, 0.25) is 5.02 Å². The molecule has 0 bridgehead atoms. The van der Waals surface area contributed by atoms with Crippen LogP contribution in [0.1, 0.15) is 32.1 Å². The van der Waals surface area contributed by atoms with E-state index in [-0.39, 0.29) is 23.8 Å². The summed E-state index contributed by atoms with van der Waals surface area (Å²) in [5, 5.41) is 19.8. The fraction of sp³-hybridized carbons (Fsp3) is 0.276. The van der Waals surface area contributed by atoms with Gasteiger partial charge in [0.25, 0.3) is 5.91 Å². The van der Waals surface area contributed by atoms with Crippen LogP contribution >= 0.6 is 11.6 Å². The summed E-state index contributed by atoms with van der Waals surface area (Å²) in [6, 6.07) is 14.5. The number of fused-ring (bicyclic) bond motifs is 1. The van der Waals surface area contributed by atoms with E-state index in [0.717, 1.165) is 5.56 Å². The number of aliphatic hydroxyl groups is 1. The van der Waals surface area contributed by atoms with Gasteiger partial charge in [-0.15, -0.1) is 0 Å². The van der Waals surface area contributed by atoms with Crippen LogP contribution in [0.4, 0.5) is 15.8 Å². The van der Waals surface area contributed by atoms with Gasteiger partial charge in [0, 0.05) is 44.5 Å². The van der Waals surface area contributed by atoms with Crippen molar-refractivity contribution in [2.24, 2.45) is 0 Å². The molecule has 1 fully saturated rings. The van der Waals surface area contributed by atoms with Crippen LogP contribution in [0.3, 0.4) is 0 Å². The molecule has 0 atom stereocenters. The van der Waals surface area contributed by atoms with Crippen molar-refractivity contribution in [3.63, 3.8) is 0 Å². The molecule has 1 amide bonds. The number of halogens is 2. The number of carbonyl (C=O) groups is 2. The number of nitrogens with zero attached hydrogens (tertiary/aromatic N) is 5. The fourth-order valence-corrected chi connectivity index (χ4v) is 5.35. The van der Waals surface area contributed by atoms with Gasteiger partial charge in [-0.3, -0.25) is 9.69 Å². The summed E-state index contributed by atoms with van der Waals surface area (Å²) in [7, 11) is 1.78. The summed E-state index contributed by atoms with van der Waals surface area (Å²) < 4.78 is 16.2. The van der Waals surface area contributed by atoms with Gasteiger partial charge in [-0.05, 0) is 61.0 Å². The summed E-state index contributed by atoms with van der Waals surface area (Å²) in [6.07, 6.45) is 0. The van der Waals surface area contributed by atoms with Crippen molar-refractivity contribution in [3.05, 3.63) is 88.0 Å². The molecular formula is C29H29ClFN5O4. The Hall–Kier alpha value is -3.99. The molecule has 1 saturated heterocycles. The van der Waals surface area contributed by atoms with Crippen LogP contribution in [-0.2, 0) is 13.3 Å². The van der Waals surface area contributed by atoms with Crippen molar-refractivity contribution in [1.82, 2.24) is 19.4 Å². The molecule has 2 heterocycles. The Bertz CT molecular complexity index is 1600. The average Bonchev–Trinajstić information content (AvgIpc) is 3.28. The Balaban J connectivity index is 1.28. The van der Waals surface area contributed by atoms with E-state index in [1.807, 2.05) is 25.1 Å². The molecule has 0 radical (unpaired) electrons. The number of piperazine rings is 1. The zero-order chi connectivity index (χ0) is 28.6. The highest BCUT2D eigenvalue weighted by atomic mass is 35.5. The Labute approximate surface area is 235 Å². The van der Waals surface area contributed by atoms with E-state index in [2.05, 4.69) is 9.88 Å². The first-order chi connectivity index (χ1) is 19.1. The number of anilines is 2. The van der Waals surface area contributed by atoms with Crippen LogP contribution < -0.4 is 4.90 Å². The van der Waals surface area contributed by atoms with Crippen LogP contribution in [-0.4, -0.2) is 74.7 Å². The molecule has 9 nitrogen and oxygen atoms in total. The molecule has 0 spiro atoms. The fourth-order valence-electron chi connectivity index (χ4n) is 4.99. The first-order valence-electron chi connectivity index (χ1n) is 12.8. The van der Waals surface area contributed by atoms with Crippen molar-refractivity contribution in [3.8, 4) is 0 Å². The maximum Gasteiger partial charge on any atom is 0.335 e. The molecule has 0 unspecified atom stereocenters. The Morgan fingerprint density at radius 3 is 2.45 bits per heavy atom. The zero-order valence-electron chi connectivity index (χ0n) is 22.1.